The number of halogens is 3. The number of fused-ring (bicyclic) bond motifs is 1. The first-order valence-corrected chi connectivity index (χ1v) is 18.9. The summed E-state index contributed by atoms with van der Waals surface area (Å²) >= 11 is 18.1. The van der Waals surface area contributed by atoms with E-state index in [1.165, 1.54) is 38.5 Å². The average Bonchev–Trinajstić information content (AvgIpc) is 3.56. The van der Waals surface area contributed by atoms with Crippen molar-refractivity contribution in [1.82, 2.24) is 24.9 Å². The molecule has 0 aliphatic carbocycles. The summed E-state index contributed by atoms with van der Waals surface area (Å²) in [7, 11) is -5.47. The molecule has 0 saturated carbocycles. The number of aromatic nitrogens is 4. The maximum atomic E-state index is 12.7. The molecule has 5 aromatic rings. The Bertz CT molecular complexity index is 2300. The quantitative estimate of drug-likeness (QED) is 0.0418. The lowest BCUT2D eigenvalue weighted by Gasteiger charge is -2.10. The zero-order chi connectivity index (χ0) is 40.4. The number of hydrogen-bond acceptors (Lipinski definition) is 14. The third kappa shape index (κ3) is 12.0. The number of nitro groups is 1. The first-order chi connectivity index (χ1) is 25.3. The summed E-state index contributed by atoms with van der Waals surface area (Å²) < 4.78 is 54.5. The topological polar surface area (TPSA) is 293 Å². The van der Waals surface area contributed by atoms with Gasteiger partial charge in [0.05, 0.1) is 53.8 Å². The van der Waals surface area contributed by atoms with Gasteiger partial charge in [-0.25, -0.2) is 0 Å². The summed E-state index contributed by atoms with van der Waals surface area (Å²) in [5.41, 5.74) is 5.95. The van der Waals surface area contributed by atoms with Crippen LogP contribution in [-0.2, 0) is 19.4 Å². The van der Waals surface area contributed by atoms with Crippen molar-refractivity contribution in [3.8, 4) is 23.3 Å². The minimum absolute atomic E-state index is 0.0111. The Balaban J connectivity index is 0.000000243. The Morgan fingerprint density at radius 3 is 2.28 bits per heavy atom. The monoisotopic (exact) mass is 850 g/mol. The molecule has 0 radical (unpaired) electrons. The molecule has 3 aromatic carbocycles. The highest BCUT2D eigenvalue weighted by atomic mass is 35.5. The van der Waals surface area contributed by atoms with Crippen LogP contribution in [0.2, 0.25) is 15.1 Å². The van der Waals surface area contributed by atoms with Crippen molar-refractivity contribution in [2.45, 2.75) is 12.1 Å². The van der Waals surface area contributed by atoms with Crippen molar-refractivity contribution < 1.29 is 51.8 Å². The molecule has 290 valence electrons. The van der Waals surface area contributed by atoms with Crippen molar-refractivity contribution in [2.75, 3.05) is 37.5 Å². The number of ether oxygens (including phenoxy) is 3. The predicted octanol–water partition coefficient (Wildman–Crippen LogP) is 4.98. The number of nitrogen functional groups attached to an aromatic ring is 1. The number of nitro benzene ring substituents is 1. The molecule has 0 aliphatic heterocycles. The van der Waals surface area contributed by atoms with Gasteiger partial charge in [0.2, 0.25) is 11.8 Å². The number of benzene rings is 3. The summed E-state index contributed by atoms with van der Waals surface area (Å²) in [6.45, 7) is 1.28. The fraction of sp³-hybridized carbons (Fsp3) is 0.172. The lowest BCUT2D eigenvalue weighted by molar-refractivity contribution is -0.383. The zero-order valence-corrected chi connectivity index (χ0v) is 32.0. The van der Waals surface area contributed by atoms with E-state index in [0.717, 1.165) is 4.52 Å². The molecule has 5 rings (SSSR count). The van der Waals surface area contributed by atoms with Gasteiger partial charge in [0.1, 0.15) is 22.2 Å². The maximum absolute atomic E-state index is 12.7. The normalized spacial score (nSPS) is 11.0. The molecule has 0 fully saturated rings. The number of carboxylic acids is 1. The van der Waals surface area contributed by atoms with Crippen molar-refractivity contribution in [1.29, 1.82) is 0 Å². The van der Waals surface area contributed by atoms with Crippen molar-refractivity contribution in [3.63, 3.8) is 0 Å². The molecule has 7 N–H and O–H groups in total. The number of carboxylic acid groups (broad SMARTS) is 1. The molecule has 2 heterocycles. The third-order valence-corrected chi connectivity index (χ3v) is 9.25. The molecule has 0 spiro atoms. The second-order valence-corrected chi connectivity index (χ2v) is 14.6. The molecular formula is C29H30Cl3N8O12PS. The van der Waals surface area contributed by atoms with Crippen LogP contribution in [0.15, 0.2) is 65.8 Å². The Labute approximate surface area is 321 Å². The van der Waals surface area contributed by atoms with Gasteiger partial charge >= 0.3 is 13.6 Å². The maximum Gasteiger partial charge on any atom is 0.339 e. The van der Waals surface area contributed by atoms with E-state index >= 15 is 0 Å². The molecule has 0 atom stereocenters. The fourth-order valence-electron chi connectivity index (χ4n) is 3.82. The number of nitrogens with two attached hydrogens (primary N) is 1. The van der Waals surface area contributed by atoms with Gasteiger partial charge in [0.25, 0.3) is 26.6 Å². The molecule has 25 heteroatoms. The van der Waals surface area contributed by atoms with Gasteiger partial charge in [-0.05, 0) is 36.8 Å². The second-order valence-electron chi connectivity index (χ2n) is 10.2. The first-order valence-electron chi connectivity index (χ1n) is 14.5. The first kappa shape index (κ1) is 43.4. The van der Waals surface area contributed by atoms with E-state index in [0.29, 0.717) is 11.3 Å². The lowest BCUT2D eigenvalue weighted by Crippen LogP contribution is -2.23. The molecule has 2 aromatic heterocycles. The average molecular weight is 852 g/mol. The van der Waals surface area contributed by atoms with Gasteiger partial charge in [-0.2, -0.15) is 22.9 Å². The number of carbonyl (C=O) groups is 1. The minimum Gasteiger partial charge on any atom is -0.481 e. The van der Waals surface area contributed by atoms with E-state index in [2.05, 4.69) is 25.1 Å². The van der Waals surface area contributed by atoms with E-state index in [4.69, 9.17) is 69.6 Å². The molecule has 20 nitrogen and oxygen atoms in total. The number of sulfonamides is 1. The SMILES string of the molecule is COc1cc(OC)n2nc(S(=O)(=O)Nc3c(Cl)ccc(C)c3Cl)nc2n1.Nc1c([N+](=O)[O-])ccc(Oc2ccccc2)c1Cl.O=C(O)CNCP(=O)(O)O. The van der Waals surface area contributed by atoms with Gasteiger partial charge in [-0.1, -0.05) is 59.1 Å². The minimum atomic E-state index is -4.18. The second kappa shape index (κ2) is 18.9. The zero-order valence-electron chi connectivity index (χ0n) is 28.0. The molecule has 0 unspecified atom stereocenters. The highest BCUT2D eigenvalue weighted by Gasteiger charge is 2.25. The lowest BCUT2D eigenvalue weighted by atomic mass is 10.2. The number of aliphatic carboxylic acids is 1. The number of methoxy groups -OCH3 is 2. The third-order valence-electron chi connectivity index (χ3n) is 6.30. The largest absolute Gasteiger partial charge is 0.481 e. The Hall–Kier alpha value is -4.99. The molecule has 54 heavy (non-hydrogen) atoms. The van der Waals surface area contributed by atoms with E-state index < -0.39 is 46.5 Å². The van der Waals surface area contributed by atoms with Crippen LogP contribution in [0.1, 0.15) is 5.56 Å². The Morgan fingerprint density at radius 2 is 1.70 bits per heavy atom. The van der Waals surface area contributed by atoms with Crippen LogP contribution in [0.5, 0.6) is 23.3 Å². The molecule has 0 amide bonds. The van der Waals surface area contributed by atoms with Crippen molar-refractivity contribution in [3.05, 3.63) is 91.4 Å². The summed E-state index contributed by atoms with van der Waals surface area (Å²) in [6, 6.07) is 16.3. The van der Waals surface area contributed by atoms with Crippen molar-refractivity contribution in [2.24, 2.45) is 0 Å². The summed E-state index contributed by atoms with van der Waals surface area (Å²) in [4.78, 5) is 44.2. The molecular weight excluding hydrogens is 822 g/mol. The van der Waals surface area contributed by atoms with Gasteiger partial charge in [-0.15, -0.1) is 5.10 Å². The van der Waals surface area contributed by atoms with Crippen LogP contribution in [0, 0.1) is 17.0 Å². The highest BCUT2D eigenvalue weighted by Crippen LogP contribution is 2.39. The van der Waals surface area contributed by atoms with Crippen LogP contribution >= 0.6 is 42.4 Å². The van der Waals surface area contributed by atoms with Crippen LogP contribution < -0.4 is 30.0 Å². The van der Waals surface area contributed by atoms with E-state index in [-0.39, 0.29) is 55.4 Å². The number of anilines is 2. The van der Waals surface area contributed by atoms with Crippen LogP contribution in [-0.4, -0.2) is 80.8 Å². The molecule has 0 aliphatic rings. The summed E-state index contributed by atoms with van der Waals surface area (Å²) in [5.74, 6) is 0.103. The number of hydrogen-bond donors (Lipinski definition) is 6. The van der Waals surface area contributed by atoms with E-state index in [9.17, 15) is 27.9 Å². The van der Waals surface area contributed by atoms with Gasteiger partial charge in [-0.3, -0.25) is 29.5 Å². The summed E-state index contributed by atoms with van der Waals surface area (Å²) in [5, 5.41) is 24.5. The fourth-order valence-corrected chi connectivity index (χ4v) is 5.96. The number of para-hydroxylation sites is 1. The van der Waals surface area contributed by atoms with Gasteiger partial charge < -0.3 is 34.8 Å². The van der Waals surface area contributed by atoms with Gasteiger partial charge in [0, 0.05) is 6.07 Å². The summed E-state index contributed by atoms with van der Waals surface area (Å²) in [6.07, 6.45) is -0.598. The Kier molecular flexibility index (Phi) is 15.2. The van der Waals surface area contributed by atoms with E-state index in [1.54, 1.807) is 37.3 Å². The number of nitrogens with one attached hydrogen (secondary N) is 2. The standard InChI is InChI=1S/C14H13Cl2N5O4S.C12H9ClN2O3.C3H8NO5P/c1-7-4-5-8(15)12(11(7)16)20-26(22,23)14-18-13-17-9(24-2)6-10(25-3)21(13)19-14;13-11-10(18-8-4-2-1-3-5-8)7-6-9(12(11)14)15(16)17;5-3(6)1-4-2-10(7,8)9/h4-6,20H,1-3H3;1-7H,14H2;4H,1-2H2,(H,5,6)(H2,7,8,9). The number of rotatable bonds is 12. The van der Waals surface area contributed by atoms with Crippen LogP contribution in [0.3, 0.4) is 0 Å². The number of aryl methyl sites for hydroxylation is 1. The number of nitrogens with zero attached hydrogens (tertiary/aromatic N) is 5. The molecule has 0 bridgehead atoms. The van der Waals surface area contributed by atoms with Crippen LogP contribution in [0.4, 0.5) is 17.1 Å². The van der Waals surface area contributed by atoms with Gasteiger partial charge in [0.15, 0.2) is 0 Å². The smallest absolute Gasteiger partial charge is 0.339 e. The van der Waals surface area contributed by atoms with Crippen molar-refractivity contribution >= 4 is 81.2 Å². The Morgan fingerprint density at radius 1 is 1.04 bits per heavy atom. The van der Waals surface area contributed by atoms with Crippen LogP contribution in [0.25, 0.3) is 5.78 Å². The predicted molar refractivity (Wildman–Crippen MR) is 197 cm³/mol. The highest BCUT2D eigenvalue weighted by molar-refractivity contribution is 7.92. The van der Waals surface area contributed by atoms with E-state index in [1.807, 2.05) is 6.07 Å². The molecule has 0 saturated heterocycles.